The van der Waals surface area contributed by atoms with Crippen molar-refractivity contribution in [1.29, 1.82) is 0 Å². The Balaban J connectivity index is 1.11. The molecule has 2 N–H and O–H groups in total. The molecule has 0 spiro atoms. The van der Waals surface area contributed by atoms with E-state index >= 15 is 0 Å². The molecule has 0 saturated heterocycles. The van der Waals surface area contributed by atoms with Gasteiger partial charge in [-0.3, -0.25) is 14.3 Å². The van der Waals surface area contributed by atoms with Crippen molar-refractivity contribution >= 4 is 11.7 Å². The molecule has 5 rings (SSSR count). The zero-order chi connectivity index (χ0) is 21.6. The number of carbonyl (C=O) groups excluding carboxylic acids is 2. The van der Waals surface area contributed by atoms with Gasteiger partial charge in [-0.1, -0.05) is 0 Å². The summed E-state index contributed by atoms with van der Waals surface area (Å²) >= 11 is 0. The highest BCUT2D eigenvalue weighted by Crippen LogP contribution is 2.60. The second kappa shape index (κ2) is 7.58. The number of alkyl halides is 3. The van der Waals surface area contributed by atoms with Gasteiger partial charge < -0.3 is 15.4 Å². The van der Waals surface area contributed by atoms with Crippen molar-refractivity contribution in [3.63, 3.8) is 0 Å². The third kappa shape index (κ3) is 4.65. The monoisotopic (exact) mass is 430 g/mol. The van der Waals surface area contributed by atoms with Crippen LogP contribution in [0.4, 0.5) is 17.6 Å². The zero-order valence-electron chi connectivity index (χ0n) is 16.1. The fourth-order valence-electron chi connectivity index (χ4n) is 4.58. The molecule has 4 saturated carbocycles. The Morgan fingerprint density at radius 1 is 1.03 bits per heavy atom. The second-order valence-electron chi connectivity index (χ2n) is 8.51. The Labute approximate surface area is 170 Å². The fourth-order valence-corrected chi connectivity index (χ4v) is 4.58. The summed E-state index contributed by atoms with van der Waals surface area (Å²) in [5.74, 6) is -0.822. The van der Waals surface area contributed by atoms with Gasteiger partial charge in [-0.2, -0.15) is 0 Å². The normalized spacial score (nSPS) is 31.9. The number of hydrogen-bond donors (Lipinski definition) is 2. The molecule has 4 fully saturated rings. The zero-order valence-corrected chi connectivity index (χ0v) is 16.1. The van der Waals surface area contributed by atoms with Gasteiger partial charge in [0.05, 0.1) is 18.8 Å². The number of nitrogens with one attached hydrogen (secondary N) is 2. The molecule has 0 aliphatic heterocycles. The lowest BCUT2D eigenvalue weighted by molar-refractivity contribution is -0.357. The topological polar surface area (TPSA) is 76.7 Å². The van der Waals surface area contributed by atoms with Crippen LogP contribution in [0, 0.1) is 5.82 Å². The van der Waals surface area contributed by atoms with Gasteiger partial charge in [0.25, 0.3) is 0 Å². The fraction of sp³-hybridized carbons (Fsp3) is 0.600. The molecule has 1 aromatic carbocycles. The molecular weight excluding hydrogens is 408 g/mol. The lowest BCUT2D eigenvalue weighted by Crippen LogP contribution is -2.83. The molecule has 1 aromatic rings. The summed E-state index contributed by atoms with van der Waals surface area (Å²) in [5, 5.41) is 6.15. The van der Waals surface area contributed by atoms with E-state index in [4.69, 9.17) is 4.74 Å². The maximum Gasteiger partial charge on any atom is 0.522 e. The molecule has 30 heavy (non-hydrogen) atoms. The van der Waals surface area contributed by atoms with Crippen LogP contribution in [0.5, 0.6) is 0 Å². The molecule has 1 amide bonds. The highest BCUT2D eigenvalue weighted by molar-refractivity contribution is 5.97. The third-order valence-corrected chi connectivity index (χ3v) is 6.03. The average molecular weight is 430 g/mol. The van der Waals surface area contributed by atoms with Crippen molar-refractivity contribution in [2.24, 2.45) is 0 Å². The Bertz CT molecular complexity index is 801. The number of ether oxygens (including phenoxy) is 2. The molecule has 4 aliphatic carbocycles. The largest absolute Gasteiger partial charge is 0.522 e. The Morgan fingerprint density at radius 2 is 1.67 bits per heavy atom. The maximum atomic E-state index is 12.9. The van der Waals surface area contributed by atoms with E-state index < -0.39 is 24.4 Å². The number of halogens is 4. The predicted molar refractivity (Wildman–Crippen MR) is 96.1 cm³/mol. The van der Waals surface area contributed by atoms with Gasteiger partial charge in [-0.15, -0.1) is 13.2 Å². The summed E-state index contributed by atoms with van der Waals surface area (Å²) < 4.78 is 58.3. The summed E-state index contributed by atoms with van der Waals surface area (Å²) in [5.41, 5.74) is -0.0250. The molecule has 0 aromatic heterocycles. The molecule has 10 heteroatoms. The van der Waals surface area contributed by atoms with Crippen LogP contribution < -0.4 is 10.6 Å². The molecule has 164 valence electrons. The Hall–Kier alpha value is -2.04. The van der Waals surface area contributed by atoms with Crippen LogP contribution in [-0.2, 0) is 14.3 Å². The van der Waals surface area contributed by atoms with Crippen molar-refractivity contribution < 1.29 is 36.6 Å². The van der Waals surface area contributed by atoms with E-state index in [-0.39, 0.29) is 48.8 Å². The first kappa shape index (κ1) is 21.2. The van der Waals surface area contributed by atoms with Crippen LogP contribution >= 0.6 is 0 Å². The van der Waals surface area contributed by atoms with E-state index in [1.54, 1.807) is 0 Å². The number of amides is 1. The minimum Gasteiger partial charge on any atom is -0.368 e. The highest BCUT2D eigenvalue weighted by atomic mass is 19.4. The summed E-state index contributed by atoms with van der Waals surface area (Å²) in [7, 11) is 0. The van der Waals surface area contributed by atoms with Crippen LogP contribution in [0.25, 0.3) is 0 Å². The standard InChI is InChI=1S/C20H22F4N2O4/c21-13-3-1-12(2-4-13)16(27)7-25-18-9-19(10-18,11-18)26-17(28)8-29-14-5-15(6-14)30-20(22,23)24/h1-4,14-15,25H,5-11H2,(H,26,28). The SMILES string of the molecule is O=C(COC1CC(OC(F)(F)F)C1)NC12CC(NCC(=O)c3ccc(F)cc3)(C1)C2. The Morgan fingerprint density at radius 3 is 2.27 bits per heavy atom. The van der Waals surface area contributed by atoms with Crippen molar-refractivity contribution in [1.82, 2.24) is 10.6 Å². The lowest BCUT2D eigenvalue weighted by Gasteiger charge is -2.70. The molecule has 0 atom stereocenters. The maximum absolute atomic E-state index is 12.9. The summed E-state index contributed by atoms with van der Waals surface area (Å²) in [4.78, 5) is 24.2. The van der Waals surface area contributed by atoms with Crippen LogP contribution in [0.15, 0.2) is 24.3 Å². The number of carbonyl (C=O) groups is 2. The number of Topliss-reactive ketones (excluding diaryl/α,β-unsaturated/α-hetero) is 1. The van der Waals surface area contributed by atoms with Crippen molar-refractivity contribution in [3.05, 3.63) is 35.6 Å². The minimum atomic E-state index is -4.65. The van der Waals surface area contributed by atoms with E-state index in [2.05, 4.69) is 15.4 Å². The van der Waals surface area contributed by atoms with Crippen molar-refractivity contribution in [3.8, 4) is 0 Å². The molecule has 4 aliphatic rings. The van der Waals surface area contributed by atoms with Gasteiger partial charge in [0.2, 0.25) is 5.91 Å². The molecule has 0 radical (unpaired) electrons. The molecule has 2 bridgehead atoms. The van der Waals surface area contributed by atoms with Crippen molar-refractivity contribution in [2.75, 3.05) is 13.2 Å². The minimum absolute atomic E-state index is 0.118. The number of rotatable bonds is 9. The smallest absolute Gasteiger partial charge is 0.368 e. The number of benzene rings is 1. The number of ketones is 1. The van der Waals surface area contributed by atoms with E-state index in [1.807, 2.05) is 0 Å². The third-order valence-electron chi connectivity index (χ3n) is 6.03. The number of hydrogen-bond acceptors (Lipinski definition) is 5. The molecule has 0 heterocycles. The van der Waals surface area contributed by atoms with Gasteiger partial charge in [-0.05, 0) is 43.5 Å². The van der Waals surface area contributed by atoms with Gasteiger partial charge in [0.15, 0.2) is 5.78 Å². The van der Waals surface area contributed by atoms with Gasteiger partial charge >= 0.3 is 6.36 Å². The summed E-state index contributed by atoms with van der Waals surface area (Å²) in [6.07, 6.45) is -3.61. The van der Waals surface area contributed by atoms with E-state index in [0.29, 0.717) is 24.8 Å². The van der Waals surface area contributed by atoms with Gasteiger partial charge in [-0.25, -0.2) is 4.39 Å². The second-order valence-corrected chi connectivity index (χ2v) is 8.51. The van der Waals surface area contributed by atoms with Crippen LogP contribution in [-0.4, -0.2) is 54.5 Å². The summed E-state index contributed by atoms with van der Waals surface area (Å²) in [6, 6.07) is 5.38. The first-order valence-corrected chi connectivity index (χ1v) is 9.76. The molecule has 6 nitrogen and oxygen atoms in total. The van der Waals surface area contributed by atoms with E-state index in [0.717, 1.165) is 0 Å². The van der Waals surface area contributed by atoms with Crippen LogP contribution in [0.3, 0.4) is 0 Å². The Kier molecular flexibility index (Phi) is 5.36. The van der Waals surface area contributed by atoms with Crippen LogP contribution in [0.1, 0.15) is 42.5 Å². The summed E-state index contributed by atoms with van der Waals surface area (Å²) in [6.45, 7) is -0.0593. The quantitative estimate of drug-likeness (QED) is 0.465. The van der Waals surface area contributed by atoms with Crippen LogP contribution in [0.2, 0.25) is 0 Å². The lowest BCUT2D eigenvalue weighted by atomic mass is 9.44. The van der Waals surface area contributed by atoms with E-state index in [1.165, 1.54) is 24.3 Å². The van der Waals surface area contributed by atoms with Crippen molar-refractivity contribution in [2.45, 2.75) is 61.8 Å². The van der Waals surface area contributed by atoms with Gasteiger partial charge in [0, 0.05) is 29.5 Å². The van der Waals surface area contributed by atoms with Gasteiger partial charge in [0.1, 0.15) is 12.4 Å². The first-order chi connectivity index (χ1) is 14.1. The molecular formula is C20H22F4N2O4. The first-order valence-electron chi connectivity index (χ1n) is 9.76. The van der Waals surface area contributed by atoms with E-state index in [9.17, 15) is 27.2 Å². The predicted octanol–water partition coefficient (Wildman–Crippen LogP) is 2.47. The molecule has 0 unspecified atom stereocenters. The highest BCUT2D eigenvalue weighted by Gasteiger charge is 2.68. The average Bonchev–Trinajstić information content (AvgIpc) is 2.57.